The van der Waals surface area contributed by atoms with Crippen molar-refractivity contribution in [2.24, 2.45) is 0 Å². The molecule has 0 saturated carbocycles. The van der Waals surface area contributed by atoms with Crippen LogP contribution in [0.1, 0.15) is 0 Å². The second-order valence-electron chi connectivity index (χ2n) is 3.34. The predicted octanol–water partition coefficient (Wildman–Crippen LogP) is -4.37. The third kappa shape index (κ3) is 2.98. The average Bonchev–Trinajstić information content (AvgIpc) is 2.40. The van der Waals surface area contributed by atoms with Gasteiger partial charge in [-0.15, -0.1) is 0 Å². The van der Waals surface area contributed by atoms with Crippen molar-refractivity contribution in [3.8, 4) is 0 Å². The zero-order valence-corrected chi connectivity index (χ0v) is 8.82. The van der Waals surface area contributed by atoms with E-state index in [1.54, 1.807) is 0 Å². The molecular formula is C6H11O9P-2. The lowest BCUT2D eigenvalue weighted by molar-refractivity contribution is -0.344. The highest BCUT2D eigenvalue weighted by atomic mass is 31.2. The number of ether oxygens (including phenoxy) is 1. The standard InChI is InChI=1S/C6H13O9P/c7-2-6(10)5(9)4(8)3(15-6)1-14-16(11,12)13/h3-5,7-10H,1-2H2,(H2,11,12,13)/p-2. The molecule has 1 aliphatic rings. The quantitative estimate of drug-likeness (QED) is 0.365. The number of phosphoric acid groups is 1. The molecule has 0 aromatic rings. The smallest absolute Gasteiger partial charge is 0.219 e. The summed E-state index contributed by atoms with van der Waals surface area (Å²) in [6.45, 7) is -1.86. The molecule has 9 nitrogen and oxygen atoms in total. The lowest BCUT2D eigenvalue weighted by Crippen LogP contribution is -2.46. The van der Waals surface area contributed by atoms with Gasteiger partial charge >= 0.3 is 0 Å². The van der Waals surface area contributed by atoms with Gasteiger partial charge in [-0.1, -0.05) is 0 Å². The molecule has 0 radical (unpaired) electrons. The highest BCUT2D eigenvalue weighted by Crippen LogP contribution is 2.32. The summed E-state index contributed by atoms with van der Waals surface area (Å²) in [5.41, 5.74) is 0. The fourth-order valence-corrected chi connectivity index (χ4v) is 1.63. The summed E-state index contributed by atoms with van der Waals surface area (Å²) in [7, 11) is -5.23. The van der Waals surface area contributed by atoms with Gasteiger partial charge in [0.05, 0.1) is 21.0 Å². The molecule has 0 aromatic carbocycles. The minimum Gasteiger partial charge on any atom is -0.790 e. The summed E-state index contributed by atoms with van der Waals surface area (Å²) in [6.07, 6.45) is -4.93. The van der Waals surface area contributed by atoms with Crippen molar-refractivity contribution in [2.75, 3.05) is 13.2 Å². The number of aliphatic hydroxyl groups is 4. The van der Waals surface area contributed by atoms with Gasteiger partial charge < -0.3 is 44.0 Å². The Morgan fingerprint density at radius 2 is 2.00 bits per heavy atom. The number of rotatable bonds is 4. The van der Waals surface area contributed by atoms with Gasteiger partial charge in [0, 0.05) is 0 Å². The largest absolute Gasteiger partial charge is 0.790 e. The van der Waals surface area contributed by atoms with Crippen molar-refractivity contribution in [3.63, 3.8) is 0 Å². The summed E-state index contributed by atoms with van der Waals surface area (Å²) < 4.78 is 18.6. The van der Waals surface area contributed by atoms with Gasteiger partial charge in [-0.2, -0.15) is 0 Å². The number of phosphoric ester groups is 1. The van der Waals surface area contributed by atoms with Crippen molar-refractivity contribution >= 4 is 7.82 Å². The van der Waals surface area contributed by atoms with E-state index in [4.69, 9.17) is 5.11 Å². The van der Waals surface area contributed by atoms with Gasteiger partial charge in [-0.05, 0) is 0 Å². The van der Waals surface area contributed by atoms with Gasteiger partial charge in [0.1, 0.15) is 18.3 Å². The molecule has 96 valence electrons. The van der Waals surface area contributed by atoms with Crippen molar-refractivity contribution in [1.82, 2.24) is 0 Å². The van der Waals surface area contributed by atoms with Crippen LogP contribution in [0.5, 0.6) is 0 Å². The molecule has 4 atom stereocenters. The van der Waals surface area contributed by atoms with Crippen molar-refractivity contribution in [3.05, 3.63) is 0 Å². The molecule has 16 heavy (non-hydrogen) atoms. The van der Waals surface area contributed by atoms with E-state index < -0.39 is 45.1 Å². The summed E-state index contributed by atoms with van der Waals surface area (Å²) in [4.78, 5) is 20.3. The van der Waals surface area contributed by atoms with Crippen LogP contribution < -0.4 is 9.79 Å². The minimum atomic E-state index is -5.23. The van der Waals surface area contributed by atoms with E-state index in [1.807, 2.05) is 0 Å². The summed E-state index contributed by atoms with van der Waals surface area (Å²) >= 11 is 0. The molecule has 10 heteroatoms. The first-order valence-corrected chi connectivity index (χ1v) is 5.69. The lowest BCUT2D eigenvalue weighted by Gasteiger charge is -2.30. The molecule has 0 amide bonds. The molecule has 1 aliphatic heterocycles. The Hall–Kier alpha value is -0.0900. The van der Waals surface area contributed by atoms with Crippen LogP contribution in [0.15, 0.2) is 0 Å². The average molecular weight is 258 g/mol. The molecule has 1 rings (SSSR count). The van der Waals surface area contributed by atoms with Crippen LogP contribution in [-0.4, -0.2) is 57.7 Å². The summed E-state index contributed by atoms with van der Waals surface area (Å²) in [5, 5.41) is 36.6. The highest BCUT2D eigenvalue weighted by molar-refractivity contribution is 7.43. The normalized spacial score (nSPS) is 40.2. The Kier molecular flexibility index (Phi) is 4.06. The van der Waals surface area contributed by atoms with Crippen molar-refractivity contribution < 1.29 is 44.0 Å². The van der Waals surface area contributed by atoms with Crippen LogP contribution in [0.2, 0.25) is 0 Å². The maximum Gasteiger partial charge on any atom is 0.219 e. The van der Waals surface area contributed by atoms with Crippen LogP contribution in [0.3, 0.4) is 0 Å². The molecule has 4 unspecified atom stereocenters. The fourth-order valence-electron chi connectivity index (χ4n) is 1.30. The first-order chi connectivity index (χ1) is 7.19. The molecule has 0 aliphatic carbocycles. The molecule has 0 aromatic heterocycles. The molecule has 0 spiro atoms. The van der Waals surface area contributed by atoms with Gasteiger partial charge in [0.15, 0.2) is 0 Å². The van der Waals surface area contributed by atoms with E-state index >= 15 is 0 Å². The highest BCUT2D eigenvalue weighted by Gasteiger charge is 2.53. The van der Waals surface area contributed by atoms with Gasteiger partial charge in [-0.25, -0.2) is 0 Å². The number of aliphatic hydroxyl groups excluding tert-OH is 3. The second kappa shape index (κ2) is 4.65. The first kappa shape index (κ1) is 14.0. The van der Waals surface area contributed by atoms with Crippen LogP contribution in [-0.2, 0) is 13.8 Å². The third-order valence-corrected chi connectivity index (χ3v) is 2.61. The molecule has 4 N–H and O–H groups in total. The maximum atomic E-state index is 10.1. The SMILES string of the molecule is O=P([O-])([O-])OCC1OC(O)(CO)C(O)C1O. The van der Waals surface area contributed by atoms with Crippen LogP contribution in [0, 0.1) is 0 Å². The Balaban J connectivity index is 2.61. The third-order valence-electron chi connectivity index (χ3n) is 2.15. The van der Waals surface area contributed by atoms with Crippen molar-refractivity contribution in [2.45, 2.75) is 24.1 Å². The number of hydrogen-bond acceptors (Lipinski definition) is 9. The lowest BCUT2D eigenvalue weighted by atomic mass is 10.1. The topological polar surface area (TPSA) is 163 Å². The zero-order valence-electron chi connectivity index (χ0n) is 7.92. The molecule has 1 fully saturated rings. The Labute approximate surface area is 90.1 Å². The van der Waals surface area contributed by atoms with Gasteiger partial charge in [0.25, 0.3) is 0 Å². The Morgan fingerprint density at radius 3 is 2.38 bits per heavy atom. The van der Waals surface area contributed by atoms with Gasteiger partial charge in [-0.3, -0.25) is 0 Å². The predicted molar refractivity (Wildman–Crippen MR) is 42.5 cm³/mol. The Bertz CT molecular complexity index is 290. The zero-order chi connectivity index (χ0) is 12.6. The molecule has 1 saturated heterocycles. The Morgan fingerprint density at radius 1 is 1.44 bits per heavy atom. The van der Waals surface area contributed by atoms with Crippen molar-refractivity contribution in [1.29, 1.82) is 0 Å². The monoisotopic (exact) mass is 258 g/mol. The van der Waals surface area contributed by atoms with E-state index in [0.29, 0.717) is 0 Å². The summed E-state index contributed by atoms with van der Waals surface area (Å²) in [5.74, 6) is -2.40. The van der Waals surface area contributed by atoms with E-state index in [-0.39, 0.29) is 0 Å². The second-order valence-corrected chi connectivity index (χ2v) is 4.49. The molecular weight excluding hydrogens is 247 g/mol. The fraction of sp³-hybridized carbons (Fsp3) is 1.00. The first-order valence-electron chi connectivity index (χ1n) is 4.23. The van der Waals surface area contributed by atoms with Crippen LogP contribution in [0.25, 0.3) is 0 Å². The molecule has 1 heterocycles. The maximum absolute atomic E-state index is 10.1. The minimum absolute atomic E-state index is 0.856. The molecule has 0 bridgehead atoms. The van der Waals surface area contributed by atoms with Gasteiger partial charge in [0.2, 0.25) is 5.79 Å². The van der Waals surface area contributed by atoms with E-state index in [1.165, 1.54) is 0 Å². The van der Waals surface area contributed by atoms with E-state index in [2.05, 4.69) is 9.26 Å². The van der Waals surface area contributed by atoms with Crippen LogP contribution >= 0.6 is 7.82 Å². The summed E-state index contributed by atoms with van der Waals surface area (Å²) in [6, 6.07) is 0. The van der Waals surface area contributed by atoms with E-state index in [9.17, 15) is 29.7 Å². The van der Waals surface area contributed by atoms with Crippen LogP contribution in [0.4, 0.5) is 0 Å². The van der Waals surface area contributed by atoms with E-state index in [0.717, 1.165) is 0 Å². The number of hydrogen-bond donors (Lipinski definition) is 4.